The van der Waals surface area contributed by atoms with Crippen molar-refractivity contribution in [2.75, 3.05) is 14.2 Å². The van der Waals surface area contributed by atoms with Crippen LogP contribution in [-0.4, -0.2) is 26.0 Å². The van der Waals surface area contributed by atoms with Crippen LogP contribution < -0.4 is 20.1 Å². The van der Waals surface area contributed by atoms with E-state index in [1.165, 1.54) is 36.7 Å². The molecule has 0 aliphatic heterocycles. The maximum Gasteiger partial charge on any atom is 0.268 e. The number of rotatable bonds is 9. The number of aryl methyl sites for hydroxylation is 2. The molecule has 0 saturated heterocycles. The van der Waals surface area contributed by atoms with E-state index in [1.54, 1.807) is 24.3 Å². The van der Waals surface area contributed by atoms with Gasteiger partial charge in [0, 0.05) is 10.4 Å². The zero-order chi connectivity index (χ0) is 24.7. The van der Waals surface area contributed by atoms with Crippen LogP contribution >= 0.6 is 11.3 Å². The maximum atomic E-state index is 13.3. The van der Waals surface area contributed by atoms with Crippen molar-refractivity contribution in [3.8, 4) is 11.5 Å². The number of carbonyl (C=O) groups is 2. The molecule has 1 heterocycles. The van der Waals surface area contributed by atoms with E-state index in [9.17, 15) is 9.59 Å². The van der Waals surface area contributed by atoms with Gasteiger partial charge in [-0.05, 0) is 72.7 Å². The summed E-state index contributed by atoms with van der Waals surface area (Å²) in [5.74, 6) is 0.181. The van der Waals surface area contributed by atoms with Crippen molar-refractivity contribution in [3.63, 3.8) is 0 Å². The van der Waals surface area contributed by atoms with Crippen LogP contribution in [0.1, 0.15) is 51.3 Å². The van der Waals surface area contributed by atoms with Gasteiger partial charge < -0.3 is 20.1 Å². The lowest BCUT2D eigenvalue weighted by Crippen LogP contribution is -2.36. The Bertz CT molecular complexity index is 1190. The number of methoxy groups -OCH3 is 2. The lowest BCUT2D eigenvalue weighted by Gasteiger charge is -2.20. The minimum Gasteiger partial charge on any atom is -0.493 e. The Morgan fingerprint density at radius 1 is 1.00 bits per heavy atom. The zero-order valence-electron chi connectivity index (χ0n) is 20.1. The van der Waals surface area contributed by atoms with Crippen molar-refractivity contribution >= 4 is 29.2 Å². The van der Waals surface area contributed by atoms with Gasteiger partial charge in [0.2, 0.25) is 0 Å². The van der Waals surface area contributed by atoms with Gasteiger partial charge in [-0.2, -0.15) is 0 Å². The molecule has 34 heavy (non-hydrogen) atoms. The molecule has 0 radical (unpaired) electrons. The summed E-state index contributed by atoms with van der Waals surface area (Å²) in [6.07, 6.45) is 2.40. The smallest absolute Gasteiger partial charge is 0.268 e. The Morgan fingerprint density at radius 2 is 1.76 bits per heavy atom. The molecule has 0 aliphatic carbocycles. The Hall–Kier alpha value is -3.58. The normalized spacial score (nSPS) is 12.1. The molecule has 0 spiro atoms. The fourth-order valence-corrected chi connectivity index (χ4v) is 4.14. The van der Waals surface area contributed by atoms with Gasteiger partial charge in [-0.3, -0.25) is 9.59 Å². The van der Waals surface area contributed by atoms with E-state index in [2.05, 4.69) is 36.6 Å². The number of thiophene rings is 1. The summed E-state index contributed by atoms with van der Waals surface area (Å²) in [6.45, 7) is 6.13. The molecule has 0 saturated carbocycles. The number of nitrogens with one attached hydrogen (secondary N) is 2. The van der Waals surface area contributed by atoms with Crippen molar-refractivity contribution in [2.24, 2.45) is 0 Å². The predicted octanol–water partition coefficient (Wildman–Crippen LogP) is 5.42. The van der Waals surface area contributed by atoms with E-state index in [4.69, 9.17) is 9.47 Å². The molecule has 0 unspecified atom stereocenters. The average molecular weight is 479 g/mol. The van der Waals surface area contributed by atoms with Crippen LogP contribution in [0.25, 0.3) is 6.08 Å². The van der Waals surface area contributed by atoms with Crippen molar-refractivity contribution in [2.45, 2.75) is 33.2 Å². The molecule has 178 valence electrons. The lowest BCUT2D eigenvalue weighted by atomic mass is 9.99. The fraction of sp³-hybridized carbons (Fsp3) is 0.259. The van der Waals surface area contributed by atoms with Crippen LogP contribution in [0, 0.1) is 13.8 Å². The highest BCUT2D eigenvalue weighted by atomic mass is 32.1. The predicted molar refractivity (Wildman–Crippen MR) is 136 cm³/mol. The van der Waals surface area contributed by atoms with Crippen molar-refractivity contribution in [1.82, 2.24) is 10.6 Å². The topological polar surface area (TPSA) is 76.7 Å². The third-order valence-corrected chi connectivity index (χ3v) is 6.43. The molecule has 2 N–H and O–H groups in total. The largest absolute Gasteiger partial charge is 0.493 e. The fourth-order valence-electron chi connectivity index (χ4n) is 3.48. The summed E-state index contributed by atoms with van der Waals surface area (Å²) < 4.78 is 10.5. The van der Waals surface area contributed by atoms with Gasteiger partial charge in [-0.15, -0.1) is 11.3 Å². The molecule has 0 aliphatic rings. The molecule has 0 fully saturated rings. The highest BCUT2D eigenvalue weighted by Crippen LogP contribution is 2.28. The first-order valence-electron chi connectivity index (χ1n) is 11.0. The third kappa shape index (κ3) is 6.05. The zero-order valence-corrected chi connectivity index (χ0v) is 20.9. The van der Waals surface area contributed by atoms with Crippen molar-refractivity contribution in [1.29, 1.82) is 0 Å². The van der Waals surface area contributed by atoms with Crippen LogP contribution in [-0.2, 0) is 4.79 Å². The van der Waals surface area contributed by atoms with Crippen LogP contribution in [0.15, 0.2) is 59.6 Å². The summed E-state index contributed by atoms with van der Waals surface area (Å²) in [5, 5.41) is 7.78. The van der Waals surface area contributed by atoms with Crippen molar-refractivity contribution in [3.05, 3.63) is 86.7 Å². The van der Waals surface area contributed by atoms with E-state index < -0.39 is 5.91 Å². The molecule has 1 atom stereocenters. The number of ether oxygens (including phenoxy) is 2. The van der Waals surface area contributed by atoms with Crippen LogP contribution in [0.3, 0.4) is 0 Å². The number of amides is 2. The van der Waals surface area contributed by atoms with Gasteiger partial charge in [-0.1, -0.05) is 31.2 Å². The molecule has 6 nitrogen and oxygen atoms in total. The number of hydrogen-bond donors (Lipinski definition) is 2. The van der Waals surface area contributed by atoms with Crippen molar-refractivity contribution < 1.29 is 19.1 Å². The minimum absolute atomic E-state index is 0.171. The van der Waals surface area contributed by atoms with Crippen LogP contribution in [0.2, 0.25) is 0 Å². The summed E-state index contributed by atoms with van der Waals surface area (Å²) in [7, 11) is 3.04. The standard InChI is InChI=1S/C27H30N2O4S/c1-6-22(19-10-9-17(2)18(3)14-19)28-27(31)23(16-21-8-7-13-34-21)29-26(30)20-11-12-24(32-4)25(15-20)33-5/h7-16,22H,6H2,1-5H3,(H,28,31)(H,29,30)/b23-16-/t22-/m1/s1. The SMILES string of the molecule is CC[C@@H](NC(=O)/C(=C/c1cccs1)NC(=O)c1ccc(OC)c(OC)c1)c1ccc(C)c(C)c1. The van der Waals surface area contributed by atoms with Gasteiger partial charge in [0.15, 0.2) is 11.5 Å². The molecule has 2 aromatic carbocycles. The Morgan fingerprint density at radius 3 is 2.38 bits per heavy atom. The first-order chi connectivity index (χ1) is 16.4. The van der Waals surface area contributed by atoms with E-state index in [-0.39, 0.29) is 17.6 Å². The second-order valence-electron chi connectivity index (χ2n) is 7.88. The maximum absolute atomic E-state index is 13.3. The van der Waals surface area contributed by atoms with E-state index >= 15 is 0 Å². The number of carbonyl (C=O) groups excluding carboxylic acids is 2. The number of benzene rings is 2. The Balaban J connectivity index is 1.86. The van der Waals surface area contributed by atoms with E-state index in [0.29, 0.717) is 23.5 Å². The monoisotopic (exact) mass is 478 g/mol. The highest BCUT2D eigenvalue weighted by Gasteiger charge is 2.20. The first-order valence-corrected chi connectivity index (χ1v) is 11.9. The van der Waals surface area contributed by atoms with E-state index in [0.717, 1.165) is 10.4 Å². The second kappa shape index (κ2) is 11.5. The van der Waals surface area contributed by atoms with Crippen LogP contribution in [0.5, 0.6) is 11.5 Å². The van der Waals surface area contributed by atoms with Gasteiger partial charge in [-0.25, -0.2) is 0 Å². The van der Waals surface area contributed by atoms with Crippen LogP contribution in [0.4, 0.5) is 0 Å². The van der Waals surface area contributed by atoms with E-state index in [1.807, 2.05) is 30.5 Å². The molecular weight excluding hydrogens is 448 g/mol. The summed E-state index contributed by atoms with van der Waals surface area (Å²) >= 11 is 1.48. The lowest BCUT2D eigenvalue weighted by molar-refractivity contribution is -0.118. The van der Waals surface area contributed by atoms with Gasteiger partial charge in [0.05, 0.1) is 20.3 Å². The molecule has 7 heteroatoms. The Labute approximate surface area is 204 Å². The first kappa shape index (κ1) is 25.1. The molecule has 2 amide bonds. The molecule has 1 aromatic heterocycles. The summed E-state index contributed by atoms with van der Waals surface area (Å²) in [4.78, 5) is 27.2. The highest BCUT2D eigenvalue weighted by molar-refractivity contribution is 7.10. The summed E-state index contributed by atoms with van der Waals surface area (Å²) in [6, 6.07) is 14.6. The molecular formula is C27H30N2O4S. The van der Waals surface area contributed by atoms with Gasteiger partial charge >= 0.3 is 0 Å². The summed E-state index contributed by atoms with van der Waals surface area (Å²) in [5.41, 5.74) is 3.92. The molecule has 3 rings (SSSR count). The van der Waals surface area contributed by atoms with Gasteiger partial charge in [0.25, 0.3) is 11.8 Å². The molecule has 0 bridgehead atoms. The minimum atomic E-state index is -0.418. The quantitative estimate of drug-likeness (QED) is 0.403. The third-order valence-electron chi connectivity index (χ3n) is 5.62. The second-order valence-corrected chi connectivity index (χ2v) is 8.85. The van der Waals surface area contributed by atoms with Gasteiger partial charge in [0.1, 0.15) is 5.70 Å². The Kier molecular flexibility index (Phi) is 8.49. The average Bonchev–Trinajstić information content (AvgIpc) is 3.36. The number of hydrogen-bond acceptors (Lipinski definition) is 5. The molecule has 3 aromatic rings.